The molecule has 3 heteroatoms. The lowest BCUT2D eigenvalue weighted by Crippen LogP contribution is -2.16. The molecule has 0 atom stereocenters. The standard InChI is InChI=1S/C44H35N3/c1-44(2)42-13-7-6-12-40(42)41-27-26-39(29-43(41)44)47(38-24-18-33(19-25-38)34-9-8-28-45-30-34)37-22-16-32(17-23-37)31-14-20-36(21-15-31)46-35-10-4-3-5-11-35/h3-30,46H,1-2H3. The first-order chi connectivity index (χ1) is 23.0. The van der Waals surface area contributed by atoms with Crippen LogP contribution >= 0.6 is 0 Å². The molecule has 7 aromatic rings. The first kappa shape index (κ1) is 28.5. The highest BCUT2D eigenvalue weighted by molar-refractivity contribution is 5.86. The van der Waals surface area contributed by atoms with E-state index in [2.05, 4.69) is 163 Å². The Bertz CT molecular complexity index is 2150. The molecule has 0 aliphatic heterocycles. The van der Waals surface area contributed by atoms with E-state index in [1.165, 1.54) is 33.4 Å². The highest BCUT2D eigenvalue weighted by atomic mass is 15.1. The Labute approximate surface area is 276 Å². The van der Waals surface area contributed by atoms with Gasteiger partial charge in [-0.25, -0.2) is 0 Å². The van der Waals surface area contributed by atoms with Crippen molar-refractivity contribution in [1.82, 2.24) is 4.98 Å². The number of anilines is 5. The van der Waals surface area contributed by atoms with Crippen molar-refractivity contribution in [3.8, 4) is 33.4 Å². The summed E-state index contributed by atoms with van der Waals surface area (Å²) in [7, 11) is 0. The fourth-order valence-corrected chi connectivity index (χ4v) is 6.85. The van der Waals surface area contributed by atoms with Gasteiger partial charge in [0.2, 0.25) is 0 Å². The quantitative estimate of drug-likeness (QED) is 0.196. The largest absolute Gasteiger partial charge is 0.356 e. The number of hydrogen-bond acceptors (Lipinski definition) is 3. The Morgan fingerprint density at radius 2 is 1.02 bits per heavy atom. The minimum absolute atomic E-state index is 0.0802. The molecule has 3 nitrogen and oxygen atoms in total. The Morgan fingerprint density at radius 1 is 0.468 bits per heavy atom. The van der Waals surface area contributed by atoms with Gasteiger partial charge in [-0.1, -0.05) is 105 Å². The first-order valence-electron chi connectivity index (χ1n) is 16.1. The van der Waals surface area contributed by atoms with E-state index in [1.807, 2.05) is 36.7 Å². The highest BCUT2D eigenvalue weighted by Gasteiger charge is 2.35. The maximum Gasteiger partial charge on any atom is 0.0465 e. The molecule has 1 aromatic heterocycles. The fraction of sp³-hybridized carbons (Fsp3) is 0.0682. The summed E-state index contributed by atoms with van der Waals surface area (Å²) < 4.78 is 0. The summed E-state index contributed by atoms with van der Waals surface area (Å²) in [5.41, 5.74) is 15.4. The Hall–Kier alpha value is -5.93. The van der Waals surface area contributed by atoms with E-state index in [0.717, 1.165) is 39.6 Å². The van der Waals surface area contributed by atoms with Gasteiger partial charge in [-0.3, -0.25) is 4.98 Å². The van der Waals surface area contributed by atoms with Crippen molar-refractivity contribution in [2.75, 3.05) is 10.2 Å². The molecule has 0 unspecified atom stereocenters. The van der Waals surface area contributed by atoms with Crippen molar-refractivity contribution in [2.45, 2.75) is 19.3 Å². The Balaban J connectivity index is 1.15. The van der Waals surface area contributed by atoms with Crippen LogP contribution in [0.4, 0.5) is 28.4 Å². The third-order valence-electron chi connectivity index (χ3n) is 9.35. The average Bonchev–Trinajstić information content (AvgIpc) is 3.36. The van der Waals surface area contributed by atoms with Gasteiger partial charge in [-0.15, -0.1) is 0 Å². The van der Waals surface area contributed by atoms with Crippen LogP contribution in [-0.4, -0.2) is 4.98 Å². The molecule has 0 spiro atoms. The third kappa shape index (κ3) is 5.36. The molecule has 1 aliphatic carbocycles. The van der Waals surface area contributed by atoms with Crippen LogP contribution < -0.4 is 10.2 Å². The Morgan fingerprint density at radius 3 is 1.68 bits per heavy atom. The number of aromatic nitrogens is 1. The van der Waals surface area contributed by atoms with Crippen molar-refractivity contribution < 1.29 is 0 Å². The van der Waals surface area contributed by atoms with Gasteiger partial charge < -0.3 is 10.2 Å². The van der Waals surface area contributed by atoms with E-state index >= 15 is 0 Å². The number of rotatable bonds is 7. The van der Waals surface area contributed by atoms with Crippen molar-refractivity contribution in [1.29, 1.82) is 0 Å². The molecule has 226 valence electrons. The molecule has 8 rings (SSSR count). The molecule has 0 amide bonds. The van der Waals surface area contributed by atoms with E-state index in [9.17, 15) is 0 Å². The van der Waals surface area contributed by atoms with Crippen molar-refractivity contribution in [3.63, 3.8) is 0 Å². The molecule has 1 N–H and O–H groups in total. The van der Waals surface area contributed by atoms with Gasteiger partial charge in [0.25, 0.3) is 0 Å². The summed E-state index contributed by atoms with van der Waals surface area (Å²) in [4.78, 5) is 6.68. The molecule has 0 radical (unpaired) electrons. The summed E-state index contributed by atoms with van der Waals surface area (Å²) in [5.74, 6) is 0. The lowest BCUT2D eigenvalue weighted by Gasteiger charge is -2.28. The number of nitrogens with one attached hydrogen (secondary N) is 1. The highest BCUT2D eigenvalue weighted by Crippen LogP contribution is 2.50. The lowest BCUT2D eigenvalue weighted by atomic mass is 9.82. The van der Waals surface area contributed by atoms with Crippen LogP contribution in [-0.2, 0) is 5.41 Å². The number of hydrogen-bond donors (Lipinski definition) is 1. The second-order valence-corrected chi connectivity index (χ2v) is 12.6. The second kappa shape index (κ2) is 11.8. The average molecular weight is 606 g/mol. The molecule has 47 heavy (non-hydrogen) atoms. The summed E-state index contributed by atoms with van der Waals surface area (Å²) in [6.45, 7) is 4.67. The minimum atomic E-state index is -0.0802. The predicted molar refractivity (Wildman–Crippen MR) is 197 cm³/mol. The van der Waals surface area contributed by atoms with Gasteiger partial charge >= 0.3 is 0 Å². The molecule has 6 aromatic carbocycles. The van der Waals surface area contributed by atoms with Crippen LogP contribution in [0.25, 0.3) is 33.4 Å². The van der Waals surface area contributed by atoms with Crippen LogP contribution in [0.2, 0.25) is 0 Å². The second-order valence-electron chi connectivity index (χ2n) is 12.6. The molecule has 0 fully saturated rings. The van der Waals surface area contributed by atoms with Crippen LogP contribution in [0.1, 0.15) is 25.0 Å². The van der Waals surface area contributed by atoms with Crippen LogP contribution in [0.15, 0.2) is 170 Å². The topological polar surface area (TPSA) is 28.2 Å². The zero-order valence-corrected chi connectivity index (χ0v) is 26.6. The summed E-state index contributed by atoms with van der Waals surface area (Å²) >= 11 is 0. The van der Waals surface area contributed by atoms with Gasteiger partial charge in [-0.05, 0) is 111 Å². The molecular formula is C44H35N3. The zero-order chi connectivity index (χ0) is 31.8. The fourth-order valence-electron chi connectivity index (χ4n) is 6.85. The van der Waals surface area contributed by atoms with Crippen molar-refractivity contribution in [3.05, 3.63) is 181 Å². The monoisotopic (exact) mass is 605 g/mol. The molecule has 1 heterocycles. The van der Waals surface area contributed by atoms with E-state index in [4.69, 9.17) is 0 Å². The van der Waals surface area contributed by atoms with Crippen LogP contribution in [0.5, 0.6) is 0 Å². The zero-order valence-electron chi connectivity index (χ0n) is 26.6. The van der Waals surface area contributed by atoms with Crippen molar-refractivity contribution >= 4 is 28.4 Å². The van der Waals surface area contributed by atoms with Gasteiger partial charge in [-0.2, -0.15) is 0 Å². The van der Waals surface area contributed by atoms with Crippen molar-refractivity contribution in [2.24, 2.45) is 0 Å². The van der Waals surface area contributed by atoms with Gasteiger partial charge in [0.15, 0.2) is 0 Å². The first-order valence-corrected chi connectivity index (χ1v) is 16.1. The maximum absolute atomic E-state index is 4.32. The van der Waals surface area contributed by atoms with Crippen LogP contribution in [0.3, 0.4) is 0 Å². The number of pyridine rings is 1. The van der Waals surface area contributed by atoms with E-state index in [-0.39, 0.29) is 5.41 Å². The Kier molecular flexibility index (Phi) is 7.15. The number of para-hydroxylation sites is 1. The molecule has 1 aliphatic rings. The van der Waals surface area contributed by atoms with Crippen LogP contribution in [0, 0.1) is 0 Å². The molecule has 0 saturated heterocycles. The van der Waals surface area contributed by atoms with E-state index in [1.54, 1.807) is 0 Å². The third-order valence-corrected chi connectivity index (χ3v) is 9.35. The maximum atomic E-state index is 4.32. The molecule has 0 saturated carbocycles. The predicted octanol–water partition coefficient (Wildman–Crippen LogP) is 11.9. The number of benzene rings is 6. The molecule has 0 bridgehead atoms. The normalized spacial score (nSPS) is 12.6. The molecular weight excluding hydrogens is 571 g/mol. The van der Waals surface area contributed by atoms with Gasteiger partial charge in [0, 0.05) is 46.2 Å². The van der Waals surface area contributed by atoms with Gasteiger partial charge in [0.1, 0.15) is 0 Å². The number of fused-ring (bicyclic) bond motifs is 3. The lowest BCUT2D eigenvalue weighted by molar-refractivity contribution is 0.660. The van der Waals surface area contributed by atoms with E-state index in [0.29, 0.717) is 0 Å². The number of nitrogens with zero attached hydrogens (tertiary/aromatic N) is 2. The SMILES string of the molecule is CC1(C)c2ccccc2-c2ccc(N(c3ccc(-c4ccc(Nc5ccccc5)cc4)cc3)c3ccc(-c4cccnc4)cc3)cc21. The smallest absolute Gasteiger partial charge is 0.0465 e. The summed E-state index contributed by atoms with van der Waals surface area (Å²) in [6.07, 6.45) is 3.73. The summed E-state index contributed by atoms with van der Waals surface area (Å²) in [5, 5.41) is 3.48. The van der Waals surface area contributed by atoms with E-state index < -0.39 is 0 Å². The minimum Gasteiger partial charge on any atom is -0.356 e. The van der Waals surface area contributed by atoms with Gasteiger partial charge in [0.05, 0.1) is 0 Å². The summed E-state index contributed by atoms with van der Waals surface area (Å²) in [6, 6.07) is 56.4.